The van der Waals surface area contributed by atoms with E-state index in [-0.39, 0.29) is 25.7 Å². The van der Waals surface area contributed by atoms with E-state index in [0.29, 0.717) is 25.7 Å². The molecule has 0 amide bonds. The molecular weight excluding hydrogens is 1230 g/mol. The van der Waals surface area contributed by atoms with Crippen molar-refractivity contribution >= 4 is 39.5 Å². The standard InChI is InChI=1S/C75H146O17P2/c1-7-9-11-13-15-16-17-18-19-20-21-22-25-29-35-41-47-53-59-74(79)92-71(64-86-73(78)58-52-46-40-34-28-26-23-24-27-32-38-43-49-55-67(3)4)66-90-94(83,84)88-62-69(76)61-87-93(81,82)89-65-70(63-85-72(77)57-51-45-37-14-12-10-8-2)91-75(80)60-54-48-42-36-31-30-33-39-44-50-56-68(5)6/h67-71,76H,7-66H2,1-6H3,(H,81,82)(H,83,84)/t69-,70+,71+/m0/s1. The van der Waals surface area contributed by atoms with Gasteiger partial charge in [-0.2, -0.15) is 0 Å². The fourth-order valence-corrected chi connectivity index (χ4v) is 13.1. The predicted octanol–water partition coefficient (Wildman–Crippen LogP) is 21.9. The predicted molar refractivity (Wildman–Crippen MR) is 381 cm³/mol. The maximum Gasteiger partial charge on any atom is 0.472 e. The number of aliphatic hydroxyl groups excluding tert-OH is 1. The lowest BCUT2D eigenvalue weighted by Gasteiger charge is -2.21. The fourth-order valence-electron chi connectivity index (χ4n) is 11.5. The van der Waals surface area contributed by atoms with Crippen molar-refractivity contribution in [3.05, 3.63) is 0 Å². The molecule has 0 aromatic heterocycles. The van der Waals surface area contributed by atoms with Gasteiger partial charge in [0.05, 0.1) is 26.4 Å². The van der Waals surface area contributed by atoms with E-state index in [9.17, 15) is 43.2 Å². The molecule has 0 saturated heterocycles. The van der Waals surface area contributed by atoms with Gasteiger partial charge in [0, 0.05) is 25.7 Å². The lowest BCUT2D eigenvalue weighted by Crippen LogP contribution is -2.30. The largest absolute Gasteiger partial charge is 0.472 e. The van der Waals surface area contributed by atoms with Crippen LogP contribution in [0.5, 0.6) is 0 Å². The monoisotopic (exact) mass is 1380 g/mol. The van der Waals surface area contributed by atoms with Crippen LogP contribution in [0.4, 0.5) is 0 Å². The van der Waals surface area contributed by atoms with Crippen LogP contribution in [-0.4, -0.2) is 96.7 Å². The van der Waals surface area contributed by atoms with Crippen LogP contribution in [0.1, 0.15) is 388 Å². The Bertz CT molecular complexity index is 1820. The van der Waals surface area contributed by atoms with E-state index in [0.717, 1.165) is 115 Å². The highest BCUT2D eigenvalue weighted by Gasteiger charge is 2.30. The van der Waals surface area contributed by atoms with Crippen LogP contribution in [-0.2, 0) is 65.4 Å². The molecule has 3 N–H and O–H groups in total. The number of hydrogen-bond acceptors (Lipinski definition) is 15. The molecule has 5 atom stereocenters. The summed E-state index contributed by atoms with van der Waals surface area (Å²) in [4.78, 5) is 72.6. The number of phosphoric ester groups is 2. The van der Waals surface area contributed by atoms with Crippen molar-refractivity contribution in [2.45, 2.75) is 407 Å². The molecule has 2 unspecified atom stereocenters. The summed E-state index contributed by atoms with van der Waals surface area (Å²) in [6.07, 6.45) is 54.2. The summed E-state index contributed by atoms with van der Waals surface area (Å²) >= 11 is 0. The Morgan fingerprint density at radius 3 is 0.723 bits per heavy atom. The van der Waals surface area contributed by atoms with Crippen molar-refractivity contribution in [1.29, 1.82) is 0 Å². The molecule has 0 aliphatic heterocycles. The first-order valence-electron chi connectivity index (χ1n) is 39.0. The van der Waals surface area contributed by atoms with Crippen LogP contribution in [0.2, 0.25) is 0 Å². The second kappa shape index (κ2) is 66.9. The molecule has 0 aromatic rings. The van der Waals surface area contributed by atoms with E-state index in [1.54, 1.807) is 0 Å². The van der Waals surface area contributed by atoms with Gasteiger partial charge in [-0.3, -0.25) is 37.3 Å². The van der Waals surface area contributed by atoms with Crippen LogP contribution in [0.25, 0.3) is 0 Å². The summed E-state index contributed by atoms with van der Waals surface area (Å²) in [7, 11) is -9.90. The lowest BCUT2D eigenvalue weighted by molar-refractivity contribution is -0.161. The molecule has 94 heavy (non-hydrogen) atoms. The maximum absolute atomic E-state index is 13.1. The summed E-state index contributed by atoms with van der Waals surface area (Å²) in [6.45, 7) is 9.56. The number of phosphoric acid groups is 2. The van der Waals surface area contributed by atoms with Gasteiger partial charge in [-0.05, 0) is 37.5 Å². The second-order valence-corrected chi connectivity index (χ2v) is 30.9. The minimum absolute atomic E-state index is 0.106. The molecular formula is C75H146O17P2. The van der Waals surface area contributed by atoms with Crippen LogP contribution in [0.15, 0.2) is 0 Å². The van der Waals surface area contributed by atoms with E-state index in [1.165, 1.54) is 193 Å². The van der Waals surface area contributed by atoms with Crippen LogP contribution >= 0.6 is 15.6 Å². The zero-order chi connectivity index (χ0) is 69.3. The third kappa shape index (κ3) is 68.6. The Kier molecular flexibility index (Phi) is 65.5. The Morgan fingerprint density at radius 2 is 0.489 bits per heavy atom. The number of rotatable bonds is 74. The number of aliphatic hydroxyl groups is 1. The summed E-state index contributed by atoms with van der Waals surface area (Å²) < 4.78 is 68.4. The molecule has 19 heteroatoms. The summed E-state index contributed by atoms with van der Waals surface area (Å²) in [5.74, 6) is -0.578. The molecule has 0 bridgehead atoms. The Morgan fingerprint density at radius 1 is 0.287 bits per heavy atom. The SMILES string of the molecule is CCCCCCCCCCCCCCCCCCCCC(=O)O[C@H](COC(=O)CCCCCCCCCCCCCCCC(C)C)COP(=O)(O)OC[C@@H](O)COP(=O)(O)OC[C@@H](COC(=O)CCCCCCCCC)OC(=O)CCCCCCCCCCCCC(C)C. The van der Waals surface area contributed by atoms with Crippen molar-refractivity contribution in [2.24, 2.45) is 11.8 Å². The molecule has 0 rings (SSSR count). The number of hydrogen-bond donors (Lipinski definition) is 3. The third-order valence-electron chi connectivity index (χ3n) is 17.5. The number of unbranched alkanes of at least 4 members (excludes halogenated alkanes) is 44. The molecule has 0 spiro atoms. The van der Waals surface area contributed by atoms with Crippen molar-refractivity contribution in [2.75, 3.05) is 39.6 Å². The van der Waals surface area contributed by atoms with Crippen LogP contribution in [0.3, 0.4) is 0 Å². The molecule has 558 valence electrons. The molecule has 0 radical (unpaired) electrons. The van der Waals surface area contributed by atoms with Crippen molar-refractivity contribution in [3.8, 4) is 0 Å². The maximum atomic E-state index is 13.1. The second-order valence-electron chi connectivity index (χ2n) is 28.0. The first-order valence-corrected chi connectivity index (χ1v) is 42.0. The molecule has 17 nitrogen and oxygen atoms in total. The van der Waals surface area contributed by atoms with Gasteiger partial charge in [-0.25, -0.2) is 9.13 Å². The highest BCUT2D eigenvalue weighted by molar-refractivity contribution is 7.47. The van der Waals surface area contributed by atoms with Crippen molar-refractivity contribution < 1.29 is 80.2 Å². The highest BCUT2D eigenvalue weighted by Crippen LogP contribution is 2.45. The minimum Gasteiger partial charge on any atom is -0.462 e. The molecule has 0 aliphatic rings. The van der Waals surface area contributed by atoms with Gasteiger partial charge in [0.15, 0.2) is 12.2 Å². The van der Waals surface area contributed by atoms with Gasteiger partial charge < -0.3 is 33.8 Å². The van der Waals surface area contributed by atoms with E-state index in [1.807, 2.05) is 0 Å². The van der Waals surface area contributed by atoms with Crippen LogP contribution < -0.4 is 0 Å². The van der Waals surface area contributed by atoms with E-state index in [2.05, 4.69) is 41.5 Å². The summed E-state index contributed by atoms with van der Waals surface area (Å²) in [6, 6.07) is 0. The number of carbonyl (C=O) groups excluding carboxylic acids is 4. The van der Waals surface area contributed by atoms with Gasteiger partial charge in [-0.1, -0.05) is 337 Å². The average Bonchev–Trinajstić information content (AvgIpc) is 1.96. The quantitative estimate of drug-likeness (QED) is 0.0222. The van der Waals surface area contributed by atoms with Crippen molar-refractivity contribution in [3.63, 3.8) is 0 Å². The van der Waals surface area contributed by atoms with Gasteiger partial charge in [0.2, 0.25) is 0 Å². The zero-order valence-electron chi connectivity index (χ0n) is 61.3. The van der Waals surface area contributed by atoms with E-state index < -0.39 is 97.5 Å². The third-order valence-corrected chi connectivity index (χ3v) is 19.4. The summed E-state index contributed by atoms with van der Waals surface area (Å²) in [5.41, 5.74) is 0. The normalized spacial score (nSPS) is 14.0. The molecule has 0 heterocycles. The fraction of sp³-hybridized carbons (Fsp3) is 0.947. The zero-order valence-corrected chi connectivity index (χ0v) is 63.1. The highest BCUT2D eigenvalue weighted by atomic mass is 31.2. The minimum atomic E-state index is -4.96. The smallest absolute Gasteiger partial charge is 0.462 e. The van der Waals surface area contributed by atoms with Gasteiger partial charge in [0.1, 0.15) is 19.3 Å². The molecule has 0 aromatic carbocycles. The first kappa shape index (κ1) is 92.1. The Balaban J connectivity index is 5.20. The topological polar surface area (TPSA) is 237 Å². The van der Waals surface area contributed by atoms with Gasteiger partial charge >= 0.3 is 39.5 Å². The van der Waals surface area contributed by atoms with E-state index >= 15 is 0 Å². The Hall–Kier alpha value is -1.94. The van der Waals surface area contributed by atoms with Gasteiger partial charge in [-0.15, -0.1) is 0 Å². The van der Waals surface area contributed by atoms with Crippen LogP contribution in [0, 0.1) is 11.8 Å². The number of ether oxygens (including phenoxy) is 4. The lowest BCUT2D eigenvalue weighted by atomic mass is 10.0. The van der Waals surface area contributed by atoms with Crippen molar-refractivity contribution in [1.82, 2.24) is 0 Å². The number of carbonyl (C=O) groups is 4. The molecule has 0 aliphatic carbocycles. The average molecular weight is 1380 g/mol. The van der Waals surface area contributed by atoms with E-state index in [4.69, 9.17) is 37.0 Å². The number of esters is 4. The summed E-state index contributed by atoms with van der Waals surface area (Å²) in [5, 5.41) is 10.6. The molecule has 0 saturated carbocycles. The Labute approximate surface area is 575 Å². The first-order chi connectivity index (χ1) is 45.4. The molecule has 0 fully saturated rings. The van der Waals surface area contributed by atoms with Gasteiger partial charge in [0.25, 0.3) is 0 Å².